The van der Waals surface area contributed by atoms with Crippen LogP contribution < -0.4 is 10.6 Å². The first kappa shape index (κ1) is 15.3. The van der Waals surface area contributed by atoms with E-state index < -0.39 is 6.03 Å². The highest BCUT2D eigenvalue weighted by Gasteiger charge is 2.10. The maximum absolute atomic E-state index is 11.4. The monoisotopic (exact) mass is 306 g/mol. The van der Waals surface area contributed by atoms with E-state index in [0.29, 0.717) is 6.54 Å². The topological polar surface area (TPSA) is 84.0 Å². The van der Waals surface area contributed by atoms with Gasteiger partial charge in [0.25, 0.3) is 0 Å². The van der Waals surface area contributed by atoms with E-state index in [0.717, 1.165) is 14.4 Å². The third-order valence-corrected chi connectivity index (χ3v) is 4.64. The van der Waals surface area contributed by atoms with Crippen LogP contribution in [0, 0.1) is 0 Å². The molecule has 3 amide bonds. The molecule has 1 rings (SSSR count). The Morgan fingerprint density at radius 1 is 1.22 bits per heavy atom. The van der Waals surface area contributed by atoms with Crippen molar-refractivity contribution in [3.8, 4) is 0 Å². The number of hydrogen-bond donors (Lipinski definition) is 2. The third kappa shape index (κ3) is 5.69. The molecule has 0 radical (unpaired) electrons. The summed E-state index contributed by atoms with van der Waals surface area (Å²) in [4.78, 5) is 22.5. The lowest BCUT2D eigenvalue weighted by Gasteiger charge is -2.02. The van der Waals surface area contributed by atoms with E-state index in [2.05, 4.69) is 20.8 Å². The molecule has 2 N–H and O–H groups in total. The molecule has 0 unspecified atom stereocenters. The molecule has 0 atom stereocenters. The molecule has 100 valence electrons. The van der Waals surface area contributed by atoms with Crippen LogP contribution in [0.3, 0.4) is 0 Å². The minimum Gasteiger partial charge on any atom is -0.338 e. The van der Waals surface area contributed by atoms with E-state index >= 15 is 0 Å². The third-order valence-electron chi connectivity index (χ3n) is 1.57. The quantitative estimate of drug-likeness (QED) is 0.777. The highest BCUT2D eigenvalue weighted by atomic mass is 32.2. The highest BCUT2D eigenvalue weighted by Crippen LogP contribution is 2.28. The number of amides is 3. The van der Waals surface area contributed by atoms with Crippen molar-refractivity contribution in [1.29, 1.82) is 0 Å². The van der Waals surface area contributed by atoms with Crippen molar-refractivity contribution in [3.63, 3.8) is 0 Å². The molecule has 18 heavy (non-hydrogen) atoms. The van der Waals surface area contributed by atoms with E-state index in [1.165, 1.54) is 23.1 Å². The molecule has 0 aromatic carbocycles. The summed E-state index contributed by atoms with van der Waals surface area (Å²) in [7, 11) is 0. The van der Waals surface area contributed by atoms with Crippen LogP contribution in [-0.4, -0.2) is 40.2 Å². The molecule has 0 aliphatic rings. The zero-order valence-electron chi connectivity index (χ0n) is 10.1. The standard InChI is InChI=1S/C9H14N4O2S3/c1-3-10-7(15)11-6(14)5-17-9-13-12-8(18-9)16-4-2/h3-5H2,1-2H3,(H2,10,11,14,15). The number of imide groups is 1. The summed E-state index contributed by atoms with van der Waals surface area (Å²) in [5.41, 5.74) is 0. The van der Waals surface area contributed by atoms with Crippen LogP contribution >= 0.6 is 34.9 Å². The fourth-order valence-electron chi connectivity index (χ4n) is 0.932. The van der Waals surface area contributed by atoms with Gasteiger partial charge in [0.15, 0.2) is 8.68 Å². The number of carbonyl (C=O) groups is 2. The van der Waals surface area contributed by atoms with Crippen LogP contribution in [0.1, 0.15) is 13.8 Å². The van der Waals surface area contributed by atoms with E-state index in [-0.39, 0.29) is 11.7 Å². The summed E-state index contributed by atoms with van der Waals surface area (Å²) in [6.45, 7) is 4.31. The lowest BCUT2D eigenvalue weighted by atomic mass is 10.6. The molecule has 9 heteroatoms. The van der Waals surface area contributed by atoms with Crippen molar-refractivity contribution < 1.29 is 9.59 Å². The van der Waals surface area contributed by atoms with Crippen LogP contribution in [-0.2, 0) is 4.79 Å². The van der Waals surface area contributed by atoms with Gasteiger partial charge in [0.05, 0.1) is 5.75 Å². The Balaban J connectivity index is 2.30. The van der Waals surface area contributed by atoms with Gasteiger partial charge < -0.3 is 5.32 Å². The predicted octanol–water partition coefficient (Wildman–Crippen LogP) is 1.59. The number of nitrogens with one attached hydrogen (secondary N) is 2. The molecular weight excluding hydrogens is 292 g/mol. The number of rotatable bonds is 6. The zero-order chi connectivity index (χ0) is 13.4. The first-order valence-corrected chi connectivity index (χ1v) is 8.11. The second kappa shape index (κ2) is 8.33. The minimum atomic E-state index is -0.470. The Bertz CT molecular complexity index is 410. The van der Waals surface area contributed by atoms with Crippen LogP contribution in [0.25, 0.3) is 0 Å². The van der Waals surface area contributed by atoms with Gasteiger partial charge in [0, 0.05) is 6.54 Å². The van der Waals surface area contributed by atoms with Gasteiger partial charge in [-0.05, 0) is 12.7 Å². The SMILES string of the molecule is CCNC(=O)NC(=O)CSc1nnc(SCC)s1. The van der Waals surface area contributed by atoms with Crippen molar-refractivity contribution in [3.05, 3.63) is 0 Å². The van der Waals surface area contributed by atoms with Gasteiger partial charge in [0.1, 0.15) is 0 Å². The van der Waals surface area contributed by atoms with Crippen molar-refractivity contribution in [2.45, 2.75) is 22.5 Å². The fraction of sp³-hybridized carbons (Fsp3) is 0.556. The maximum atomic E-state index is 11.4. The summed E-state index contributed by atoms with van der Waals surface area (Å²) in [5.74, 6) is 0.755. The van der Waals surface area contributed by atoms with Crippen LogP contribution in [0.15, 0.2) is 8.68 Å². The molecule has 0 fully saturated rings. The average Bonchev–Trinajstić information content (AvgIpc) is 2.75. The van der Waals surface area contributed by atoms with Crippen molar-refractivity contribution in [2.24, 2.45) is 0 Å². The molecule has 1 heterocycles. The number of aromatic nitrogens is 2. The van der Waals surface area contributed by atoms with Crippen LogP contribution in [0.4, 0.5) is 4.79 Å². The lowest BCUT2D eigenvalue weighted by Crippen LogP contribution is -2.40. The van der Waals surface area contributed by atoms with E-state index in [1.54, 1.807) is 18.7 Å². The van der Waals surface area contributed by atoms with Crippen molar-refractivity contribution >= 4 is 46.8 Å². The number of nitrogens with zero attached hydrogens (tertiary/aromatic N) is 2. The first-order valence-electron chi connectivity index (χ1n) is 5.32. The van der Waals surface area contributed by atoms with Gasteiger partial charge in [0.2, 0.25) is 5.91 Å². The zero-order valence-corrected chi connectivity index (χ0v) is 12.5. The fourth-order valence-corrected chi connectivity index (χ4v) is 3.65. The Morgan fingerprint density at radius 3 is 2.50 bits per heavy atom. The lowest BCUT2D eigenvalue weighted by molar-refractivity contribution is -0.117. The highest BCUT2D eigenvalue weighted by molar-refractivity contribution is 8.03. The van der Waals surface area contributed by atoms with Crippen molar-refractivity contribution in [2.75, 3.05) is 18.1 Å². The smallest absolute Gasteiger partial charge is 0.321 e. The molecule has 6 nitrogen and oxygen atoms in total. The minimum absolute atomic E-state index is 0.155. The normalized spacial score (nSPS) is 10.1. The van der Waals surface area contributed by atoms with Gasteiger partial charge in [-0.3, -0.25) is 10.1 Å². The summed E-state index contributed by atoms with van der Waals surface area (Å²) in [6.07, 6.45) is 0. The molecule has 0 bridgehead atoms. The molecule has 1 aromatic heterocycles. The largest absolute Gasteiger partial charge is 0.338 e. The van der Waals surface area contributed by atoms with Gasteiger partial charge in [-0.1, -0.05) is 41.8 Å². The molecule has 0 saturated heterocycles. The molecule has 0 aliphatic heterocycles. The molecule has 0 aliphatic carbocycles. The van der Waals surface area contributed by atoms with E-state index in [1.807, 2.05) is 6.92 Å². The van der Waals surface area contributed by atoms with Crippen molar-refractivity contribution in [1.82, 2.24) is 20.8 Å². The second-order valence-corrected chi connectivity index (χ2v) is 6.67. The first-order chi connectivity index (χ1) is 8.65. The Kier molecular flexibility index (Phi) is 7.06. The Morgan fingerprint density at radius 2 is 1.89 bits per heavy atom. The Hall–Kier alpha value is -0.800. The summed E-state index contributed by atoms with van der Waals surface area (Å²) >= 11 is 4.34. The van der Waals surface area contributed by atoms with Gasteiger partial charge >= 0.3 is 6.03 Å². The molecule has 1 aromatic rings. The summed E-state index contributed by atoms with van der Waals surface area (Å²) in [5, 5.41) is 12.6. The Labute approximate surface area is 118 Å². The summed E-state index contributed by atoms with van der Waals surface area (Å²) in [6, 6.07) is -0.470. The van der Waals surface area contributed by atoms with Gasteiger partial charge in [-0.15, -0.1) is 10.2 Å². The van der Waals surface area contributed by atoms with Crippen LogP contribution in [0.5, 0.6) is 0 Å². The maximum Gasteiger partial charge on any atom is 0.321 e. The number of thioether (sulfide) groups is 2. The summed E-state index contributed by atoms with van der Waals surface area (Å²) < 4.78 is 1.63. The van der Waals surface area contributed by atoms with Crippen LogP contribution in [0.2, 0.25) is 0 Å². The molecule has 0 saturated carbocycles. The number of hydrogen-bond acceptors (Lipinski definition) is 7. The van der Waals surface area contributed by atoms with E-state index in [9.17, 15) is 9.59 Å². The molecular formula is C9H14N4O2S3. The van der Waals surface area contributed by atoms with Gasteiger partial charge in [-0.2, -0.15) is 0 Å². The predicted molar refractivity (Wildman–Crippen MR) is 74.2 cm³/mol. The van der Waals surface area contributed by atoms with Gasteiger partial charge in [-0.25, -0.2) is 4.79 Å². The van der Waals surface area contributed by atoms with E-state index in [4.69, 9.17) is 0 Å². The second-order valence-electron chi connectivity index (χ2n) is 2.96. The molecule has 0 spiro atoms. The number of carbonyl (C=O) groups excluding carboxylic acids is 2. The average molecular weight is 306 g/mol. The number of urea groups is 1.